The second kappa shape index (κ2) is 7.82. The molecule has 22 heavy (non-hydrogen) atoms. The molecule has 0 fully saturated rings. The SMILES string of the molecule is Cc1ccccc1N1C(=O)C(SCCO)=C(SCCO)C1=O. The summed E-state index contributed by atoms with van der Waals surface area (Å²) in [7, 11) is 0. The lowest BCUT2D eigenvalue weighted by Gasteiger charge is -2.17. The van der Waals surface area contributed by atoms with E-state index in [2.05, 4.69) is 0 Å². The molecule has 0 atom stereocenters. The number of carbonyl (C=O) groups is 2. The minimum absolute atomic E-state index is 0.0715. The van der Waals surface area contributed by atoms with Crippen LogP contribution in [0.2, 0.25) is 0 Å². The molecule has 0 saturated carbocycles. The van der Waals surface area contributed by atoms with Crippen molar-refractivity contribution in [2.75, 3.05) is 29.6 Å². The molecule has 2 N–H and O–H groups in total. The highest BCUT2D eigenvalue weighted by Crippen LogP contribution is 2.39. The number of hydrogen-bond acceptors (Lipinski definition) is 6. The van der Waals surface area contributed by atoms with Gasteiger partial charge in [-0.15, -0.1) is 23.5 Å². The molecule has 118 valence electrons. The lowest BCUT2D eigenvalue weighted by atomic mass is 10.2. The van der Waals surface area contributed by atoms with E-state index in [1.54, 1.807) is 12.1 Å². The fraction of sp³-hybridized carbons (Fsp3) is 0.333. The predicted octanol–water partition coefficient (Wildman–Crippen LogP) is 1.53. The number of aryl methyl sites for hydroxylation is 1. The van der Waals surface area contributed by atoms with Gasteiger partial charge in [0.25, 0.3) is 11.8 Å². The zero-order valence-electron chi connectivity index (χ0n) is 12.1. The Morgan fingerprint density at radius 1 is 0.955 bits per heavy atom. The minimum atomic E-state index is -0.363. The van der Waals surface area contributed by atoms with Crippen molar-refractivity contribution in [3.8, 4) is 0 Å². The third-order valence-corrected chi connectivity index (χ3v) is 5.27. The molecule has 1 aromatic carbocycles. The number of rotatable bonds is 7. The van der Waals surface area contributed by atoms with Crippen molar-refractivity contribution >= 4 is 41.0 Å². The quantitative estimate of drug-likeness (QED) is 0.734. The Hall–Kier alpha value is -1.28. The molecule has 1 aromatic rings. The molecular weight excluding hydrogens is 322 g/mol. The maximum Gasteiger partial charge on any atom is 0.273 e. The number of thioether (sulfide) groups is 2. The molecule has 5 nitrogen and oxygen atoms in total. The van der Waals surface area contributed by atoms with Crippen molar-refractivity contribution < 1.29 is 19.8 Å². The van der Waals surface area contributed by atoms with Crippen molar-refractivity contribution in [2.24, 2.45) is 0 Å². The van der Waals surface area contributed by atoms with E-state index in [0.717, 1.165) is 5.56 Å². The summed E-state index contributed by atoms with van der Waals surface area (Å²) < 4.78 is 0. The Balaban J connectivity index is 2.36. The molecule has 2 rings (SSSR count). The van der Waals surface area contributed by atoms with E-state index in [1.807, 2.05) is 19.1 Å². The predicted molar refractivity (Wildman–Crippen MR) is 89.8 cm³/mol. The maximum absolute atomic E-state index is 12.6. The van der Waals surface area contributed by atoms with Gasteiger partial charge >= 0.3 is 0 Å². The first kappa shape index (κ1) is 17.1. The Labute approximate surface area is 137 Å². The molecule has 0 saturated heterocycles. The van der Waals surface area contributed by atoms with Crippen LogP contribution in [-0.2, 0) is 9.59 Å². The largest absolute Gasteiger partial charge is 0.396 e. The number of hydrogen-bond donors (Lipinski definition) is 2. The highest BCUT2D eigenvalue weighted by molar-refractivity contribution is 8.08. The third-order valence-electron chi connectivity index (χ3n) is 3.03. The summed E-state index contributed by atoms with van der Waals surface area (Å²) in [6.07, 6.45) is 0. The van der Waals surface area contributed by atoms with Gasteiger partial charge < -0.3 is 10.2 Å². The van der Waals surface area contributed by atoms with Gasteiger partial charge in [0.1, 0.15) is 0 Å². The molecule has 1 heterocycles. The zero-order chi connectivity index (χ0) is 16.1. The van der Waals surface area contributed by atoms with Crippen LogP contribution < -0.4 is 4.90 Å². The van der Waals surface area contributed by atoms with Gasteiger partial charge in [-0.25, -0.2) is 4.90 Å². The standard InChI is InChI=1S/C15H17NO4S2/c1-10-4-2-3-5-11(10)16-14(19)12(21-8-6-17)13(15(16)20)22-9-7-18/h2-5,17-18H,6-9H2,1H3. The first-order valence-electron chi connectivity index (χ1n) is 6.77. The first-order valence-corrected chi connectivity index (χ1v) is 8.75. The van der Waals surface area contributed by atoms with Crippen molar-refractivity contribution in [1.82, 2.24) is 0 Å². The first-order chi connectivity index (χ1) is 10.6. The second-order valence-electron chi connectivity index (χ2n) is 4.53. The summed E-state index contributed by atoms with van der Waals surface area (Å²) in [4.78, 5) is 27.1. The van der Waals surface area contributed by atoms with Gasteiger partial charge in [0, 0.05) is 11.5 Å². The van der Waals surface area contributed by atoms with E-state index >= 15 is 0 Å². The van der Waals surface area contributed by atoms with Gasteiger partial charge in [-0.2, -0.15) is 0 Å². The van der Waals surface area contributed by atoms with Crippen LogP contribution in [0.1, 0.15) is 5.56 Å². The molecule has 0 bridgehead atoms. The minimum Gasteiger partial charge on any atom is -0.396 e. The Morgan fingerprint density at radius 2 is 1.45 bits per heavy atom. The van der Waals surface area contributed by atoms with E-state index < -0.39 is 0 Å². The van der Waals surface area contributed by atoms with Gasteiger partial charge in [-0.1, -0.05) is 18.2 Å². The van der Waals surface area contributed by atoms with Crippen molar-refractivity contribution in [2.45, 2.75) is 6.92 Å². The smallest absolute Gasteiger partial charge is 0.273 e. The molecule has 1 aliphatic rings. The fourth-order valence-corrected chi connectivity index (χ4v) is 3.88. The van der Waals surface area contributed by atoms with Gasteiger partial charge in [0.05, 0.1) is 28.7 Å². The van der Waals surface area contributed by atoms with E-state index in [9.17, 15) is 9.59 Å². The molecule has 2 amide bonds. The van der Waals surface area contributed by atoms with Crippen LogP contribution in [0.4, 0.5) is 5.69 Å². The van der Waals surface area contributed by atoms with E-state index in [-0.39, 0.29) is 25.0 Å². The summed E-state index contributed by atoms with van der Waals surface area (Å²) in [6.45, 7) is 1.70. The van der Waals surface area contributed by atoms with Gasteiger partial charge in [0.2, 0.25) is 0 Å². The number of imide groups is 1. The van der Waals surface area contributed by atoms with Gasteiger partial charge in [0.15, 0.2) is 0 Å². The summed E-state index contributed by atoms with van der Waals surface area (Å²) in [5.74, 6) is -0.0328. The van der Waals surface area contributed by atoms with E-state index in [4.69, 9.17) is 10.2 Å². The highest BCUT2D eigenvalue weighted by atomic mass is 32.2. The van der Waals surface area contributed by atoms with E-state index in [0.29, 0.717) is 27.0 Å². The van der Waals surface area contributed by atoms with Crippen molar-refractivity contribution in [3.05, 3.63) is 39.6 Å². The second-order valence-corrected chi connectivity index (χ2v) is 6.74. The average Bonchev–Trinajstić information content (AvgIpc) is 2.74. The highest BCUT2D eigenvalue weighted by Gasteiger charge is 2.40. The number of benzene rings is 1. The summed E-state index contributed by atoms with van der Waals surface area (Å²) in [5.41, 5.74) is 1.41. The van der Waals surface area contributed by atoms with Crippen LogP contribution >= 0.6 is 23.5 Å². The zero-order valence-corrected chi connectivity index (χ0v) is 13.7. The van der Waals surface area contributed by atoms with Crippen molar-refractivity contribution in [3.63, 3.8) is 0 Å². The summed E-state index contributed by atoms with van der Waals surface area (Å²) in [5, 5.41) is 17.9. The van der Waals surface area contributed by atoms with Crippen LogP contribution in [0, 0.1) is 6.92 Å². The number of aliphatic hydroxyl groups is 2. The Morgan fingerprint density at radius 3 is 1.91 bits per heavy atom. The Bertz CT molecular complexity index is 585. The number of anilines is 1. The topological polar surface area (TPSA) is 77.8 Å². The lowest BCUT2D eigenvalue weighted by Crippen LogP contribution is -2.31. The number of para-hydroxylation sites is 1. The van der Waals surface area contributed by atoms with Crippen LogP contribution in [0.25, 0.3) is 0 Å². The number of amides is 2. The van der Waals surface area contributed by atoms with Gasteiger partial charge in [-0.3, -0.25) is 9.59 Å². The fourth-order valence-electron chi connectivity index (χ4n) is 2.07. The molecule has 0 aromatic heterocycles. The summed E-state index contributed by atoms with van der Waals surface area (Å²) in [6, 6.07) is 7.21. The van der Waals surface area contributed by atoms with Crippen molar-refractivity contribution in [1.29, 1.82) is 0 Å². The average molecular weight is 339 g/mol. The van der Waals surface area contributed by atoms with Crippen LogP contribution in [-0.4, -0.2) is 46.7 Å². The molecule has 0 unspecified atom stereocenters. The number of nitrogens with zero attached hydrogens (tertiary/aromatic N) is 1. The molecule has 0 radical (unpaired) electrons. The Kier molecular flexibility index (Phi) is 6.07. The monoisotopic (exact) mass is 339 g/mol. The van der Waals surface area contributed by atoms with Crippen LogP contribution in [0.3, 0.4) is 0 Å². The summed E-state index contributed by atoms with van der Waals surface area (Å²) >= 11 is 2.35. The molecule has 0 spiro atoms. The maximum atomic E-state index is 12.6. The molecule has 1 aliphatic heterocycles. The molecule has 0 aliphatic carbocycles. The van der Waals surface area contributed by atoms with Gasteiger partial charge in [-0.05, 0) is 18.6 Å². The van der Waals surface area contributed by atoms with E-state index in [1.165, 1.54) is 28.4 Å². The number of aliphatic hydroxyl groups excluding tert-OH is 2. The van der Waals surface area contributed by atoms with Crippen LogP contribution in [0.5, 0.6) is 0 Å². The molecule has 7 heteroatoms. The molecular formula is C15H17NO4S2. The third kappa shape index (κ3) is 3.38. The van der Waals surface area contributed by atoms with Crippen LogP contribution in [0.15, 0.2) is 34.1 Å². The lowest BCUT2D eigenvalue weighted by molar-refractivity contribution is -0.120. The number of carbonyl (C=O) groups excluding carboxylic acids is 2. The normalized spacial score (nSPS) is 15.1.